The Labute approximate surface area is 166 Å². The van der Waals surface area contributed by atoms with Gasteiger partial charge in [0.05, 0.1) is 18.0 Å². The van der Waals surface area contributed by atoms with Crippen molar-refractivity contribution >= 4 is 21.6 Å². The molecule has 1 aliphatic heterocycles. The van der Waals surface area contributed by atoms with Crippen molar-refractivity contribution in [3.05, 3.63) is 60.2 Å². The van der Waals surface area contributed by atoms with Gasteiger partial charge in [-0.05, 0) is 30.5 Å². The number of hydrogen-bond donors (Lipinski definition) is 1. The summed E-state index contributed by atoms with van der Waals surface area (Å²) in [7, 11) is -3.69. The molecule has 2 aromatic carbocycles. The molecule has 28 heavy (non-hydrogen) atoms. The van der Waals surface area contributed by atoms with E-state index in [-0.39, 0.29) is 30.2 Å². The van der Waals surface area contributed by atoms with E-state index in [0.717, 1.165) is 0 Å². The summed E-state index contributed by atoms with van der Waals surface area (Å²) in [5, 5.41) is 2.92. The van der Waals surface area contributed by atoms with Gasteiger partial charge in [-0.1, -0.05) is 56.3 Å². The maximum atomic E-state index is 13.2. The highest BCUT2D eigenvalue weighted by molar-refractivity contribution is 7.92. The van der Waals surface area contributed by atoms with Crippen molar-refractivity contribution in [3.8, 4) is 5.75 Å². The number of nitrogens with zero attached hydrogens (tertiary/aromatic N) is 1. The molecule has 0 spiro atoms. The predicted molar refractivity (Wildman–Crippen MR) is 110 cm³/mol. The van der Waals surface area contributed by atoms with Gasteiger partial charge >= 0.3 is 0 Å². The molecule has 0 saturated carbocycles. The lowest BCUT2D eigenvalue weighted by Gasteiger charge is -2.35. The van der Waals surface area contributed by atoms with Crippen LogP contribution in [0, 0.1) is 5.92 Å². The number of benzene rings is 2. The first-order valence-electron chi connectivity index (χ1n) is 9.38. The SMILES string of the molecule is CC(C)[C@H](C)NC(=O)[C@H]1CN(S(=O)(=O)Cc2ccccc2)c2ccccc2O1. The normalized spacial score (nSPS) is 17.6. The van der Waals surface area contributed by atoms with E-state index in [1.165, 1.54) is 4.31 Å². The van der Waals surface area contributed by atoms with Gasteiger partial charge < -0.3 is 10.1 Å². The molecule has 2 atom stereocenters. The van der Waals surface area contributed by atoms with E-state index >= 15 is 0 Å². The summed E-state index contributed by atoms with van der Waals surface area (Å²) in [5.74, 6) is 0.204. The van der Waals surface area contributed by atoms with Crippen LogP contribution in [0.5, 0.6) is 5.75 Å². The monoisotopic (exact) mass is 402 g/mol. The van der Waals surface area contributed by atoms with E-state index < -0.39 is 16.1 Å². The van der Waals surface area contributed by atoms with Crippen LogP contribution < -0.4 is 14.4 Å². The Bertz CT molecular complexity index is 928. The summed E-state index contributed by atoms with van der Waals surface area (Å²) in [6.07, 6.45) is -0.901. The summed E-state index contributed by atoms with van der Waals surface area (Å²) in [6.45, 7) is 5.89. The smallest absolute Gasteiger partial charge is 0.263 e. The molecule has 1 heterocycles. The van der Waals surface area contributed by atoms with Gasteiger partial charge in [0.25, 0.3) is 5.91 Å². The molecule has 0 unspecified atom stereocenters. The van der Waals surface area contributed by atoms with E-state index in [0.29, 0.717) is 17.0 Å². The summed E-state index contributed by atoms with van der Waals surface area (Å²) in [4.78, 5) is 12.7. The van der Waals surface area contributed by atoms with Crippen molar-refractivity contribution in [2.75, 3.05) is 10.8 Å². The molecule has 3 rings (SSSR count). The van der Waals surface area contributed by atoms with Gasteiger partial charge in [0.15, 0.2) is 6.10 Å². The molecule has 0 aromatic heterocycles. The maximum Gasteiger partial charge on any atom is 0.263 e. The summed E-state index contributed by atoms with van der Waals surface area (Å²) in [6, 6.07) is 15.9. The first-order valence-corrected chi connectivity index (χ1v) is 11.0. The highest BCUT2D eigenvalue weighted by atomic mass is 32.2. The predicted octanol–water partition coefficient (Wildman–Crippen LogP) is 2.94. The standard InChI is InChI=1S/C21H26N2O4S/c1-15(2)16(3)22-21(24)20-13-23(18-11-7-8-12-19(18)27-20)28(25,26)14-17-9-5-4-6-10-17/h4-12,15-16,20H,13-14H2,1-3H3,(H,22,24)/t16-,20+/m0/s1. The third-order valence-electron chi connectivity index (χ3n) is 4.92. The molecule has 150 valence electrons. The van der Waals surface area contributed by atoms with Crippen LogP contribution in [-0.2, 0) is 20.6 Å². The highest BCUT2D eigenvalue weighted by Crippen LogP contribution is 2.35. The molecule has 1 aliphatic rings. The lowest BCUT2D eigenvalue weighted by atomic mass is 10.1. The van der Waals surface area contributed by atoms with Crippen LogP contribution in [0.25, 0.3) is 0 Å². The summed E-state index contributed by atoms with van der Waals surface area (Å²) >= 11 is 0. The topological polar surface area (TPSA) is 75.7 Å². The molecule has 2 aromatic rings. The first-order chi connectivity index (χ1) is 13.3. The molecule has 0 saturated heterocycles. The number of ether oxygens (including phenoxy) is 1. The zero-order valence-electron chi connectivity index (χ0n) is 16.3. The van der Waals surface area contributed by atoms with Crippen molar-refractivity contribution < 1.29 is 17.9 Å². The van der Waals surface area contributed by atoms with Gasteiger partial charge in [-0.3, -0.25) is 9.10 Å². The number of rotatable bonds is 6. The van der Waals surface area contributed by atoms with E-state index in [4.69, 9.17) is 4.74 Å². The second-order valence-corrected chi connectivity index (χ2v) is 9.28. The van der Waals surface area contributed by atoms with Crippen LogP contribution in [0.2, 0.25) is 0 Å². The Morgan fingerprint density at radius 1 is 1.11 bits per heavy atom. The maximum absolute atomic E-state index is 13.2. The number of para-hydroxylation sites is 2. The largest absolute Gasteiger partial charge is 0.476 e. The van der Waals surface area contributed by atoms with Crippen LogP contribution in [0.1, 0.15) is 26.3 Å². The van der Waals surface area contributed by atoms with Crippen LogP contribution in [0.15, 0.2) is 54.6 Å². The Morgan fingerprint density at radius 2 is 1.75 bits per heavy atom. The average Bonchev–Trinajstić information content (AvgIpc) is 2.67. The highest BCUT2D eigenvalue weighted by Gasteiger charge is 2.37. The van der Waals surface area contributed by atoms with Gasteiger partial charge in [0.2, 0.25) is 10.0 Å². The molecule has 0 bridgehead atoms. The zero-order valence-corrected chi connectivity index (χ0v) is 17.1. The van der Waals surface area contributed by atoms with Crippen molar-refractivity contribution in [2.45, 2.75) is 38.7 Å². The number of hydrogen-bond acceptors (Lipinski definition) is 4. The average molecular weight is 403 g/mol. The molecule has 1 N–H and O–H groups in total. The summed E-state index contributed by atoms with van der Waals surface area (Å²) in [5.41, 5.74) is 1.15. The number of nitrogens with one attached hydrogen (secondary N) is 1. The third-order valence-corrected chi connectivity index (χ3v) is 6.64. The van der Waals surface area contributed by atoms with E-state index in [9.17, 15) is 13.2 Å². The number of carbonyl (C=O) groups is 1. The van der Waals surface area contributed by atoms with Crippen LogP contribution in [0.3, 0.4) is 0 Å². The van der Waals surface area contributed by atoms with Gasteiger partial charge in [0, 0.05) is 6.04 Å². The number of amides is 1. The second kappa shape index (κ2) is 8.22. The van der Waals surface area contributed by atoms with Crippen LogP contribution in [0.4, 0.5) is 5.69 Å². The fraction of sp³-hybridized carbons (Fsp3) is 0.381. The molecule has 6 nitrogen and oxygen atoms in total. The quantitative estimate of drug-likeness (QED) is 0.806. The second-order valence-electron chi connectivity index (χ2n) is 7.39. The van der Waals surface area contributed by atoms with E-state index in [2.05, 4.69) is 5.32 Å². The fourth-order valence-electron chi connectivity index (χ4n) is 2.95. The minimum Gasteiger partial charge on any atom is -0.476 e. The summed E-state index contributed by atoms with van der Waals surface area (Å²) < 4.78 is 33.4. The van der Waals surface area contributed by atoms with Crippen LogP contribution in [-0.4, -0.2) is 33.0 Å². The first kappa shape index (κ1) is 20.2. The van der Waals surface area contributed by atoms with Crippen molar-refractivity contribution in [2.24, 2.45) is 5.92 Å². The molecule has 1 amide bonds. The van der Waals surface area contributed by atoms with Crippen LogP contribution >= 0.6 is 0 Å². The van der Waals surface area contributed by atoms with Gasteiger partial charge in [-0.25, -0.2) is 8.42 Å². The minimum absolute atomic E-state index is 0.0392. The van der Waals surface area contributed by atoms with Gasteiger partial charge in [0.1, 0.15) is 5.75 Å². The Hall–Kier alpha value is -2.54. The zero-order chi connectivity index (χ0) is 20.3. The number of sulfonamides is 1. The Kier molecular flexibility index (Phi) is 5.93. The van der Waals surface area contributed by atoms with E-state index in [1.54, 1.807) is 36.4 Å². The number of anilines is 1. The molecule has 0 fully saturated rings. The van der Waals surface area contributed by atoms with Crippen molar-refractivity contribution in [1.29, 1.82) is 0 Å². The molecule has 0 radical (unpaired) electrons. The van der Waals surface area contributed by atoms with Gasteiger partial charge in [-0.15, -0.1) is 0 Å². The molecule has 7 heteroatoms. The Morgan fingerprint density at radius 3 is 2.43 bits per heavy atom. The molecule has 0 aliphatic carbocycles. The van der Waals surface area contributed by atoms with E-state index in [1.807, 2.05) is 39.0 Å². The molecular formula is C21H26N2O4S. The molecular weight excluding hydrogens is 376 g/mol. The lowest BCUT2D eigenvalue weighted by molar-refractivity contribution is -0.128. The fourth-order valence-corrected chi connectivity index (χ4v) is 4.53. The Balaban J connectivity index is 1.88. The number of fused-ring (bicyclic) bond motifs is 1. The van der Waals surface area contributed by atoms with Crippen molar-refractivity contribution in [3.63, 3.8) is 0 Å². The minimum atomic E-state index is -3.69. The van der Waals surface area contributed by atoms with Gasteiger partial charge in [-0.2, -0.15) is 0 Å². The number of carbonyl (C=O) groups excluding carboxylic acids is 1. The third kappa shape index (κ3) is 4.47. The van der Waals surface area contributed by atoms with Crippen molar-refractivity contribution in [1.82, 2.24) is 5.32 Å². The lowest BCUT2D eigenvalue weighted by Crippen LogP contribution is -2.53.